The molecule has 1 atom stereocenters. The zero-order valence-electron chi connectivity index (χ0n) is 10.6. The number of cyclic esters (lactones) is 2. The van der Waals surface area contributed by atoms with E-state index in [9.17, 15) is 9.59 Å². The fraction of sp³-hybridized carbons (Fsp3) is 0.429. The highest BCUT2D eigenvalue weighted by molar-refractivity contribution is 6.30. The van der Waals surface area contributed by atoms with Gasteiger partial charge < -0.3 is 9.47 Å². The van der Waals surface area contributed by atoms with Crippen LogP contribution in [-0.2, 0) is 19.1 Å². The molecular formula is C14H13ClO4. The maximum atomic E-state index is 12.1. The summed E-state index contributed by atoms with van der Waals surface area (Å²) in [6, 6.07) is 7.13. The van der Waals surface area contributed by atoms with Gasteiger partial charge in [0.15, 0.2) is 5.41 Å². The standard InChI is InChI=1S/C14H13ClO4/c1-13(2)18-11(16)14(12(17)19-13)7-10(14)8-3-5-9(15)6-4-8/h3-6,10H,7H2,1-2H3/t10-/m0/s1. The Hall–Kier alpha value is -1.55. The number of halogens is 1. The van der Waals surface area contributed by atoms with Gasteiger partial charge in [-0.3, -0.25) is 9.59 Å². The van der Waals surface area contributed by atoms with E-state index in [4.69, 9.17) is 21.1 Å². The lowest BCUT2D eigenvalue weighted by Crippen LogP contribution is -2.48. The van der Waals surface area contributed by atoms with Gasteiger partial charge in [-0.25, -0.2) is 0 Å². The molecule has 0 aromatic heterocycles. The van der Waals surface area contributed by atoms with Crippen LogP contribution in [0.25, 0.3) is 0 Å². The van der Waals surface area contributed by atoms with E-state index in [1.807, 2.05) is 12.1 Å². The highest BCUT2D eigenvalue weighted by atomic mass is 35.5. The smallest absolute Gasteiger partial charge is 0.327 e. The van der Waals surface area contributed by atoms with Gasteiger partial charge in [0.1, 0.15) is 0 Å². The average molecular weight is 281 g/mol. The molecule has 19 heavy (non-hydrogen) atoms. The number of hydrogen-bond acceptors (Lipinski definition) is 4. The second-order valence-electron chi connectivity index (χ2n) is 5.46. The first-order chi connectivity index (χ1) is 8.85. The maximum absolute atomic E-state index is 12.1. The van der Waals surface area contributed by atoms with Crippen LogP contribution in [0.5, 0.6) is 0 Å². The molecule has 2 aliphatic rings. The summed E-state index contributed by atoms with van der Waals surface area (Å²) in [6.07, 6.45) is 0.433. The lowest BCUT2D eigenvalue weighted by atomic mass is 9.98. The first kappa shape index (κ1) is 12.5. The zero-order chi connectivity index (χ0) is 13.8. The topological polar surface area (TPSA) is 52.6 Å². The van der Waals surface area contributed by atoms with E-state index in [0.717, 1.165) is 5.56 Å². The van der Waals surface area contributed by atoms with Crippen LogP contribution in [0.15, 0.2) is 24.3 Å². The van der Waals surface area contributed by atoms with E-state index in [2.05, 4.69) is 0 Å². The molecule has 0 unspecified atom stereocenters. The van der Waals surface area contributed by atoms with Crippen molar-refractivity contribution in [2.24, 2.45) is 5.41 Å². The molecule has 1 heterocycles. The Kier molecular flexibility index (Phi) is 2.45. The van der Waals surface area contributed by atoms with Crippen LogP contribution in [0.3, 0.4) is 0 Å². The van der Waals surface area contributed by atoms with Crippen molar-refractivity contribution in [3.05, 3.63) is 34.9 Å². The lowest BCUT2D eigenvalue weighted by Gasteiger charge is -2.33. The summed E-state index contributed by atoms with van der Waals surface area (Å²) in [5, 5.41) is 0.619. The normalized spacial score (nSPS) is 26.8. The van der Waals surface area contributed by atoms with Gasteiger partial charge in [0.05, 0.1) is 0 Å². The second-order valence-corrected chi connectivity index (χ2v) is 5.89. The van der Waals surface area contributed by atoms with Gasteiger partial charge in [-0.2, -0.15) is 0 Å². The summed E-state index contributed by atoms with van der Waals surface area (Å²) in [4.78, 5) is 24.2. The van der Waals surface area contributed by atoms with Crippen molar-refractivity contribution in [2.75, 3.05) is 0 Å². The molecule has 0 amide bonds. The van der Waals surface area contributed by atoms with Gasteiger partial charge >= 0.3 is 11.9 Å². The number of carbonyl (C=O) groups is 2. The summed E-state index contributed by atoms with van der Waals surface area (Å²) >= 11 is 5.83. The molecule has 0 bridgehead atoms. The van der Waals surface area contributed by atoms with Crippen molar-refractivity contribution in [2.45, 2.75) is 32.0 Å². The highest BCUT2D eigenvalue weighted by Crippen LogP contribution is 2.62. The van der Waals surface area contributed by atoms with Crippen LogP contribution < -0.4 is 0 Å². The number of rotatable bonds is 1. The third-order valence-electron chi connectivity index (χ3n) is 3.64. The van der Waals surface area contributed by atoms with Gasteiger partial charge in [-0.05, 0) is 24.1 Å². The molecule has 0 N–H and O–H groups in total. The molecule has 1 aromatic rings. The number of hydrogen-bond donors (Lipinski definition) is 0. The Morgan fingerprint density at radius 2 is 1.63 bits per heavy atom. The SMILES string of the molecule is CC1(C)OC(=O)C2(C[C@H]2c2ccc(Cl)cc2)C(=O)O1. The molecule has 100 valence electrons. The van der Waals surface area contributed by atoms with Gasteiger partial charge in [0.25, 0.3) is 5.79 Å². The van der Waals surface area contributed by atoms with Crippen LogP contribution in [0.1, 0.15) is 31.7 Å². The molecule has 1 saturated carbocycles. The molecule has 5 heteroatoms. The van der Waals surface area contributed by atoms with Gasteiger partial charge in [-0.15, -0.1) is 0 Å². The van der Waals surface area contributed by atoms with Crippen LogP contribution in [0.2, 0.25) is 5.02 Å². The van der Waals surface area contributed by atoms with E-state index in [-0.39, 0.29) is 5.92 Å². The molecular weight excluding hydrogens is 268 g/mol. The lowest BCUT2D eigenvalue weighted by molar-refractivity contribution is -0.243. The Morgan fingerprint density at radius 1 is 1.11 bits per heavy atom. The summed E-state index contributed by atoms with van der Waals surface area (Å²) < 4.78 is 10.4. The molecule has 4 nitrogen and oxygen atoms in total. The summed E-state index contributed by atoms with van der Waals surface area (Å²) in [5.41, 5.74) is -0.249. The minimum absolute atomic E-state index is 0.180. The molecule has 2 fully saturated rings. The fourth-order valence-electron chi connectivity index (χ4n) is 2.54. The predicted molar refractivity (Wildman–Crippen MR) is 67.5 cm³/mol. The first-order valence-electron chi connectivity index (χ1n) is 6.07. The molecule has 1 saturated heterocycles. The number of carbonyl (C=O) groups excluding carboxylic acids is 2. The fourth-order valence-corrected chi connectivity index (χ4v) is 2.67. The van der Waals surface area contributed by atoms with Crippen molar-refractivity contribution in [3.63, 3.8) is 0 Å². The summed E-state index contributed by atoms with van der Waals surface area (Å²) in [7, 11) is 0. The third-order valence-corrected chi connectivity index (χ3v) is 3.89. The highest BCUT2D eigenvalue weighted by Gasteiger charge is 2.72. The third kappa shape index (κ3) is 1.82. The van der Waals surface area contributed by atoms with Crippen LogP contribution in [-0.4, -0.2) is 17.7 Å². The van der Waals surface area contributed by atoms with Crippen molar-refractivity contribution < 1.29 is 19.1 Å². The van der Waals surface area contributed by atoms with Crippen molar-refractivity contribution in [1.82, 2.24) is 0 Å². The Bertz CT molecular complexity index is 541. The zero-order valence-corrected chi connectivity index (χ0v) is 11.4. The largest absolute Gasteiger partial charge is 0.422 e. The minimum Gasteiger partial charge on any atom is -0.422 e. The van der Waals surface area contributed by atoms with E-state index in [1.165, 1.54) is 0 Å². The summed E-state index contributed by atoms with van der Waals surface area (Å²) in [6.45, 7) is 3.10. The minimum atomic E-state index is -1.17. The van der Waals surface area contributed by atoms with Gasteiger partial charge in [-0.1, -0.05) is 23.7 Å². The first-order valence-corrected chi connectivity index (χ1v) is 6.45. The predicted octanol–water partition coefficient (Wildman–Crippen LogP) is 2.65. The molecule has 1 aromatic carbocycles. The average Bonchev–Trinajstić information content (AvgIpc) is 3.03. The molecule has 1 spiro atoms. The molecule has 0 radical (unpaired) electrons. The van der Waals surface area contributed by atoms with E-state index >= 15 is 0 Å². The summed E-state index contributed by atoms with van der Waals surface area (Å²) in [5.74, 6) is -2.34. The van der Waals surface area contributed by atoms with Gasteiger partial charge in [0, 0.05) is 24.8 Å². The number of ether oxygens (including phenoxy) is 2. The van der Waals surface area contributed by atoms with Crippen molar-refractivity contribution in [3.8, 4) is 0 Å². The van der Waals surface area contributed by atoms with Crippen LogP contribution >= 0.6 is 11.6 Å². The second kappa shape index (κ2) is 3.73. The van der Waals surface area contributed by atoms with Crippen LogP contribution in [0, 0.1) is 5.41 Å². The molecule has 1 aliphatic carbocycles. The van der Waals surface area contributed by atoms with E-state index in [0.29, 0.717) is 11.4 Å². The monoisotopic (exact) mass is 280 g/mol. The quantitative estimate of drug-likeness (QED) is 0.586. The van der Waals surface area contributed by atoms with Crippen molar-refractivity contribution in [1.29, 1.82) is 0 Å². The van der Waals surface area contributed by atoms with Crippen molar-refractivity contribution >= 4 is 23.5 Å². The Morgan fingerprint density at radius 3 is 2.16 bits per heavy atom. The van der Waals surface area contributed by atoms with Gasteiger partial charge in [0.2, 0.25) is 0 Å². The van der Waals surface area contributed by atoms with E-state index < -0.39 is 23.1 Å². The molecule has 3 rings (SSSR count). The van der Waals surface area contributed by atoms with E-state index in [1.54, 1.807) is 26.0 Å². The Labute approximate surface area is 115 Å². The number of esters is 2. The van der Waals surface area contributed by atoms with Crippen LogP contribution in [0.4, 0.5) is 0 Å². The Balaban J connectivity index is 1.89. The number of benzene rings is 1. The maximum Gasteiger partial charge on any atom is 0.327 e. The molecule has 1 aliphatic heterocycles.